The molecule has 0 fully saturated rings. The van der Waals surface area contributed by atoms with Crippen molar-refractivity contribution in [2.45, 2.75) is 13.1 Å². The molecule has 2 aromatic carbocycles. The zero-order valence-corrected chi connectivity index (χ0v) is 13.0. The van der Waals surface area contributed by atoms with Crippen molar-refractivity contribution in [1.29, 1.82) is 0 Å². The molecule has 1 aliphatic heterocycles. The molecule has 0 saturated carbocycles. The van der Waals surface area contributed by atoms with Crippen LogP contribution in [0.2, 0.25) is 5.02 Å². The third kappa shape index (κ3) is 2.49. The highest BCUT2D eigenvalue weighted by Gasteiger charge is 2.28. The Morgan fingerprint density at radius 2 is 1.95 bits per heavy atom. The molecule has 1 amide bonds. The zero-order valence-electron chi connectivity index (χ0n) is 10.1. The van der Waals surface area contributed by atoms with Crippen LogP contribution in [0, 0.1) is 3.57 Å². The molecule has 4 heteroatoms. The monoisotopic (exact) mass is 383 g/mol. The largest absolute Gasteiger partial charge is 0.330 e. The van der Waals surface area contributed by atoms with Crippen LogP contribution in [0.3, 0.4) is 0 Å². The fourth-order valence-electron chi connectivity index (χ4n) is 2.30. The minimum absolute atomic E-state index is 0.0911. The Balaban J connectivity index is 1.87. The number of halogens is 2. The number of hydrogen-bond acceptors (Lipinski definition) is 1. The van der Waals surface area contributed by atoms with Crippen molar-refractivity contribution in [2.24, 2.45) is 0 Å². The Morgan fingerprint density at radius 1 is 1.21 bits per heavy atom. The lowest BCUT2D eigenvalue weighted by Crippen LogP contribution is -2.23. The first-order valence-electron chi connectivity index (χ1n) is 5.96. The van der Waals surface area contributed by atoms with Gasteiger partial charge < -0.3 is 4.90 Å². The predicted octanol–water partition coefficient (Wildman–Crippen LogP) is 4.10. The molecule has 0 bridgehead atoms. The number of benzene rings is 2. The lowest BCUT2D eigenvalue weighted by molar-refractivity contribution is 0.0766. The van der Waals surface area contributed by atoms with Gasteiger partial charge in [-0.05, 0) is 45.9 Å². The summed E-state index contributed by atoms with van der Waals surface area (Å²) < 4.78 is 0.924. The van der Waals surface area contributed by atoms with Gasteiger partial charge in [0.1, 0.15) is 0 Å². The van der Waals surface area contributed by atoms with Crippen LogP contribution in [0.5, 0.6) is 0 Å². The zero-order chi connectivity index (χ0) is 13.4. The van der Waals surface area contributed by atoms with Crippen molar-refractivity contribution in [3.63, 3.8) is 0 Å². The number of carbonyl (C=O) groups is 1. The molecule has 0 unspecified atom stereocenters. The highest BCUT2D eigenvalue weighted by Crippen LogP contribution is 2.30. The van der Waals surface area contributed by atoms with Gasteiger partial charge in [-0.1, -0.05) is 41.9 Å². The number of hydrogen-bond donors (Lipinski definition) is 0. The fraction of sp³-hybridized carbons (Fsp3) is 0.133. The molecule has 0 aromatic heterocycles. The molecule has 96 valence electrons. The van der Waals surface area contributed by atoms with Gasteiger partial charge in [0, 0.05) is 22.2 Å². The van der Waals surface area contributed by atoms with Gasteiger partial charge >= 0.3 is 0 Å². The Hall–Kier alpha value is -1.07. The van der Waals surface area contributed by atoms with E-state index in [2.05, 4.69) is 22.6 Å². The molecule has 0 saturated heterocycles. The maximum atomic E-state index is 12.3. The molecule has 2 nitrogen and oxygen atoms in total. The van der Waals surface area contributed by atoms with E-state index in [1.165, 1.54) is 0 Å². The summed E-state index contributed by atoms with van der Waals surface area (Å²) >= 11 is 8.27. The van der Waals surface area contributed by atoms with E-state index in [-0.39, 0.29) is 5.91 Å². The summed E-state index contributed by atoms with van der Waals surface area (Å²) in [7, 11) is 0. The highest BCUT2D eigenvalue weighted by molar-refractivity contribution is 14.1. The van der Waals surface area contributed by atoms with Crippen molar-refractivity contribution >= 4 is 40.1 Å². The number of fused-ring (bicyclic) bond motifs is 1. The number of nitrogens with zero attached hydrogens (tertiary/aromatic N) is 1. The maximum Gasteiger partial charge on any atom is 0.254 e. The van der Waals surface area contributed by atoms with Gasteiger partial charge in [0.2, 0.25) is 0 Å². The summed E-state index contributed by atoms with van der Waals surface area (Å²) in [6.07, 6.45) is 0. The highest BCUT2D eigenvalue weighted by atomic mass is 127. The summed E-state index contributed by atoms with van der Waals surface area (Å²) in [5.74, 6) is 0.0911. The topological polar surface area (TPSA) is 20.3 Å². The summed E-state index contributed by atoms with van der Waals surface area (Å²) in [6.45, 7) is 1.28. The van der Waals surface area contributed by atoms with Crippen LogP contribution in [-0.4, -0.2) is 10.8 Å². The fourth-order valence-corrected chi connectivity index (χ4v) is 2.95. The Kier molecular flexibility index (Phi) is 3.50. The quantitative estimate of drug-likeness (QED) is 0.715. The molecule has 0 aliphatic carbocycles. The summed E-state index contributed by atoms with van der Waals surface area (Å²) in [5, 5.41) is 0.716. The van der Waals surface area contributed by atoms with E-state index < -0.39 is 0 Å². The third-order valence-corrected chi connectivity index (χ3v) is 4.77. The summed E-state index contributed by atoms with van der Waals surface area (Å²) in [5.41, 5.74) is 2.94. The van der Waals surface area contributed by atoms with Gasteiger partial charge in [0.15, 0.2) is 0 Å². The van der Waals surface area contributed by atoms with Crippen LogP contribution in [-0.2, 0) is 13.1 Å². The van der Waals surface area contributed by atoms with E-state index in [1.807, 2.05) is 47.4 Å². The molecular formula is C15H11ClINO. The lowest BCUT2D eigenvalue weighted by Gasteiger charge is -2.15. The average molecular weight is 384 g/mol. The Bertz CT molecular complexity index is 642. The van der Waals surface area contributed by atoms with Gasteiger partial charge in [-0.3, -0.25) is 4.79 Å². The Labute approximate surface area is 130 Å². The molecule has 1 aliphatic rings. The molecule has 3 rings (SSSR count). The van der Waals surface area contributed by atoms with Crippen LogP contribution in [0.1, 0.15) is 21.5 Å². The van der Waals surface area contributed by atoms with Crippen LogP contribution in [0.4, 0.5) is 0 Å². The molecule has 2 aromatic rings. The van der Waals surface area contributed by atoms with E-state index in [4.69, 9.17) is 11.6 Å². The minimum Gasteiger partial charge on any atom is -0.330 e. The first kappa shape index (κ1) is 12.9. The maximum absolute atomic E-state index is 12.3. The molecule has 1 heterocycles. The smallest absolute Gasteiger partial charge is 0.254 e. The van der Waals surface area contributed by atoms with Gasteiger partial charge in [0.25, 0.3) is 5.91 Å². The van der Waals surface area contributed by atoms with Crippen molar-refractivity contribution in [2.75, 3.05) is 0 Å². The van der Waals surface area contributed by atoms with Crippen molar-refractivity contribution in [3.8, 4) is 0 Å². The normalized spacial score (nSPS) is 13.8. The van der Waals surface area contributed by atoms with Crippen molar-refractivity contribution < 1.29 is 4.79 Å². The molecule has 0 spiro atoms. The van der Waals surface area contributed by atoms with Crippen LogP contribution in [0.15, 0.2) is 42.5 Å². The van der Waals surface area contributed by atoms with Gasteiger partial charge in [0.05, 0.1) is 5.02 Å². The lowest BCUT2D eigenvalue weighted by atomic mass is 10.1. The molecule has 19 heavy (non-hydrogen) atoms. The van der Waals surface area contributed by atoms with E-state index in [0.717, 1.165) is 20.3 Å². The summed E-state index contributed by atoms with van der Waals surface area (Å²) in [4.78, 5) is 14.2. The molecular weight excluding hydrogens is 373 g/mol. The van der Waals surface area contributed by atoms with Crippen molar-refractivity contribution in [3.05, 3.63) is 67.7 Å². The van der Waals surface area contributed by atoms with Crippen LogP contribution in [0.25, 0.3) is 0 Å². The van der Waals surface area contributed by atoms with E-state index >= 15 is 0 Å². The molecule has 0 radical (unpaired) electrons. The molecule has 0 atom stereocenters. The Morgan fingerprint density at radius 3 is 2.68 bits per heavy atom. The van der Waals surface area contributed by atoms with E-state index in [9.17, 15) is 4.79 Å². The SMILES string of the molecule is O=C1c2cc(I)c(Cl)cc2CN1Cc1ccccc1. The number of rotatable bonds is 2. The standard InChI is InChI=1S/C15H11ClINO/c16-13-6-11-9-18(8-10-4-2-1-3-5-10)15(19)12(11)7-14(13)17/h1-7H,8-9H2. The first-order valence-corrected chi connectivity index (χ1v) is 7.42. The number of carbonyl (C=O) groups excluding carboxylic acids is 1. The second-order valence-electron chi connectivity index (χ2n) is 4.57. The first-order chi connectivity index (χ1) is 9.15. The predicted molar refractivity (Wildman–Crippen MR) is 84.2 cm³/mol. The van der Waals surface area contributed by atoms with Gasteiger partial charge in [-0.25, -0.2) is 0 Å². The number of amides is 1. The second-order valence-corrected chi connectivity index (χ2v) is 6.14. The summed E-state index contributed by atoms with van der Waals surface area (Å²) in [6, 6.07) is 13.8. The van der Waals surface area contributed by atoms with Gasteiger partial charge in [-0.15, -0.1) is 0 Å². The van der Waals surface area contributed by atoms with Crippen LogP contribution < -0.4 is 0 Å². The van der Waals surface area contributed by atoms with Crippen LogP contribution >= 0.6 is 34.2 Å². The molecule has 0 N–H and O–H groups in total. The third-order valence-electron chi connectivity index (χ3n) is 3.24. The van der Waals surface area contributed by atoms with Gasteiger partial charge in [-0.2, -0.15) is 0 Å². The van der Waals surface area contributed by atoms with E-state index in [0.29, 0.717) is 18.1 Å². The average Bonchev–Trinajstić information content (AvgIpc) is 2.69. The minimum atomic E-state index is 0.0911. The second kappa shape index (κ2) is 5.13. The van der Waals surface area contributed by atoms with Crippen molar-refractivity contribution in [1.82, 2.24) is 4.90 Å². The van der Waals surface area contributed by atoms with E-state index in [1.54, 1.807) is 0 Å².